The number of hydrogen-bond donors (Lipinski definition) is 3. The third-order valence-electron chi connectivity index (χ3n) is 2.61. The van der Waals surface area contributed by atoms with Crippen LogP contribution in [0.1, 0.15) is 33.1 Å². The molecule has 0 spiro atoms. The summed E-state index contributed by atoms with van der Waals surface area (Å²) >= 11 is 0. The summed E-state index contributed by atoms with van der Waals surface area (Å²) in [4.78, 5) is 13.5. The monoisotopic (exact) mass is 244 g/mol. The molecular weight excluding hydrogens is 220 g/mol. The Morgan fingerprint density at radius 3 is 2.65 bits per heavy atom. The molecule has 0 unspecified atom stereocenters. The third kappa shape index (κ3) is 8.50. The first-order chi connectivity index (χ1) is 7.97. The van der Waals surface area contributed by atoms with E-state index in [2.05, 4.69) is 36.3 Å². The molecule has 0 radical (unpaired) electrons. The van der Waals surface area contributed by atoms with Gasteiger partial charge in [-0.1, -0.05) is 5.16 Å². The zero-order valence-electron chi connectivity index (χ0n) is 10.9. The van der Waals surface area contributed by atoms with Crippen LogP contribution < -0.4 is 11.1 Å². The lowest BCUT2D eigenvalue weighted by molar-refractivity contribution is -0.119. The Kier molecular flexibility index (Phi) is 8.13. The maximum atomic E-state index is 11.2. The van der Waals surface area contributed by atoms with E-state index >= 15 is 0 Å². The highest BCUT2D eigenvalue weighted by molar-refractivity contribution is 5.98. The molecule has 0 aromatic carbocycles. The molecule has 0 aromatic heterocycles. The van der Waals surface area contributed by atoms with E-state index in [1.54, 1.807) is 0 Å². The minimum absolute atomic E-state index is 0.0532. The Bertz CT molecular complexity index is 254. The molecule has 0 aliphatic carbocycles. The summed E-state index contributed by atoms with van der Waals surface area (Å²) in [6, 6.07) is 0.546. The molecule has 6 heteroatoms. The lowest BCUT2D eigenvalue weighted by atomic mass is 10.2. The fraction of sp³-hybridized carbons (Fsp3) is 0.818. The van der Waals surface area contributed by atoms with E-state index in [1.807, 2.05) is 0 Å². The van der Waals surface area contributed by atoms with Crippen LogP contribution in [0.25, 0.3) is 0 Å². The normalized spacial score (nSPS) is 12.2. The number of carbonyl (C=O) groups is 1. The summed E-state index contributed by atoms with van der Waals surface area (Å²) in [6.45, 7) is 5.95. The number of unbranched alkanes of at least 4 members (excludes halogenated alkanes) is 1. The third-order valence-corrected chi connectivity index (χ3v) is 2.61. The Morgan fingerprint density at radius 2 is 2.12 bits per heavy atom. The van der Waals surface area contributed by atoms with Gasteiger partial charge in [-0.2, -0.15) is 0 Å². The van der Waals surface area contributed by atoms with E-state index in [9.17, 15) is 4.79 Å². The molecule has 4 N–H and O–H groups in total. The second-order valence-electron chi connectivity index (χ2n) is 4.40. The number of nitrogens with one attached hydrogen (secondary N) is 1. The number of rotatable bonds is 8. The second-order valence-corrected chi connectivity index (χ2v) is 4.40. The standard InChI is InChI=1S/C11H24N4O2/c1-9(2)15(3)7-5-4-6-13-11(16)8-10(12)14-17/h9,17H,4-8H2,1-3H3,(H2,12,14)(H,13,16). The molecule has 100 valence electrons. The van der Waals surface area contributed by atoms with Gasteiger partial charge in [0.25, 0.3) is 0 Å². The van der Waals surface area contributed by atoms with Crippen LogP contribution >= 0.6 is 0 Å². The Labute approximate surface area is 103 Å². The van der Waals surface area contributed by atoms with Crippen molar-refractivity contribution in [1.29, 1.82) is 0 Å². The lowest BCUT2D eigenvalue weighted by Gasteiger charge is -2.20. The summed E-state index contributed by atoms with van der Waals surface area (Å²) < 4.78 is 0. The van der Waals surface area contributed by atoms with E-state index in [0.717, 1.165) is 19.4 Å². The maximum absolute atomic E-state index is 11.2. The largest absolute Gasteiger partial charge is 0.409 e. The van der Waals surface area contributed by atoms with Gasteiger partial charge in [-0.05, 0) is 40.3 Å². The first-order valence-corrected chi connectivity index (χ1v) is 5.90. The van der Waals surface area contributed by atoms with E-state index in [1.165, 1.54) is 0 Å². The van der Waals surface area contributed by atoms with Crippen LogP contribution in [-0.2, 0) is 4.79 Å². The topological polar surface area (TPSA) is 91.0 Å². The fourth-order valence-corrected chi connectivity index (χ4v) is 1.23. The minimum Gasteiger partial charge on any atom is -0.409 e. The Hall–Kier alpha value is -1.30. The second kappa shape index (κ2) is 8.81. The van der Waals surface area contributed by atoms with Crippen molar-refractivity contribution in [2.24, 2.45) is 10.9 Å². The van der Waals surface area contributed by atoms with Crippen molar-refractivity contribution in [2.75, 3.05) is 20.1 Å². The lowest BCUT2D eigenvalue weighted by Crippen LogP contribution is -2.30. The molecule has 0 bridgehead atoms. The molecule has 0 heterocycles. The van der Waals surface area contributed by atoms with Crippen molar-refractivity contribution >= 4 is 11.7 Å². The molecule has 0 atom stereocenters. The van der Waals surface area contributed by atoms with Crippen molar-refractivity contribution in [3.8, 4) is 0 Å². The number of oxime groups is 1. The SMILES string of the molecule is CC(C)N(C)CCCCNC(=O)CC(N)=NO. The van der Waals surface area contributed by atoms with Gasteiger partial charge in [-0.3, -0.25) is 4.79 Å². The van der Waals surface area contributed by atoms with Crippen molar-refractivity contribution in [3.05, 3.63) is 0 Å². The van der Waals surface area contributed by atoms with Crippen molar-refractivity contribution in [3.63, 3.8) is 0 Å². The summed E-state index contributed by atoms with van der Waals surface area (Å²) in [7, 11) is 2.08. The Balaban J connectivity index is 3.49. The summed E-state index contributed by atoms with van der Waals surface area (Å²) in [5, 5.41) is 13.7. The highest BCUT2D eigenvalue weighted by atomic mass is 16.4. The van der Waals surface area contributed by atoms with Gasteiger partial charge in [0.2, 0.25) is 5.91 Å². The number of amides is 1. The zero-order chi connectivity index (χ0) is 13.3. The minimum atomic E-state index is -0.211. The molecule has 6 nitrogen and oxygen atoms in total. The van der Waals surface area contributed by atoms with Crippen molar-refractivity contribution in [1.82, 2.24) is 10.2 Å². The molecule has 0 aliphatic heterocycles. The fourth-order valence-electron chi connectivity index (χ4n) is 1.23. The molecule has 1 amide bonds. The molecule has 0 aromatic rings. The van der Waals surface area contributed by atoms with Crippen LogP contribution in [0, 0.1) is 0 Å². The van der Waals surface area contributed by atoms with Crippen LogP contribution in [0.4, 0.5) is 0 Å². The van der Waals surface area contributed by atoms with E-state index < -0.39 is 0 Å². The molecular formula is C11H24N4O2. The summed E-state index contributed by atoms with van der Waals surface area (Å²) in [6.07, 6.45) is 1.92. The van der Waals surface area contributed by atoms with Gasteiger partial charge in [0.15, 0.2) is 0 Å². The van der Waals surface area contributed by atoms with Gasteiger partial charge in [0.05, 0.1) is 6.42 Å². The molecule has 0 saturated carbocycles. The van der Waals surface area contributed by atoms with Crippen LogP contribution in [0.3, 0.4) is 0 Å². The van der Waals surface area contributed by atoms with Gasteiger partial charge >= 0.3 is 0 Å². The van der Waals surface area contributed by atoms with Gasteiger partial charge in [-0.15, -0.1) is 0 Å². The van der Waals surface area contributed by atoms with E-state index in [0.29, 0.717) is 12.6 Å². The van der Waals surface area contributed by atoms with Gasteiger partial charge in [0, 0.05) is 12.6 Å². The van der Waals surface area contributed by atoms with E-state index in [-0.39, 0.29) is 18.2 Å². The smallest absolute Gasteiger partial charge is 0.227 e. The number of amidine groups is 1. The molecule has 0 aliphatic rings. The number of carbonyl (C=O) groups excluding carboxylic acids is 1. The van der Waals surface area contributed by atoms with Crippen LogP contribution in [0.15, 0.2) is 5.16 Å². The quantitative estimate of drug-likeness (QED) is 0.189. The predicted octanol–water partition coefficient (Wildman–Crippen LogP) is 0.360. The van der Waals surface area contributed by atoms with Crippen molar-refractivity contribution in [2.45, 2.75) is 39.2 Å². The highest BCUT2D eigenvalue weighted by Crippen LogP contribution is 1.97. The zero-order valence-corrected chi connectivity index (χ0v) is 10.9. The highest BCUT2D eigenvalue weighted by Gasteiger charge is 2.05. The number of nitrogens with zero attached hydrogens (tertiary/aromatic N) is 2. The molecule has 0 rings (SSSR count). The van der Waals surface area contributed by atoms with Crippen molar-refractivity contribution < 1.29 is 10.0 Å². The van der Waals surface area contributed by atoms with Gasteiger partial charge in [0.1, 0.15) is 5.84 Å². The Morgan fingerprint density at radius 1 is 1.47 bits per heavy atom. The predicted molar refractivity (Wildman–Crippen MR) is 68.0 cm³/mol. The van der Waals surface area contributed by atoms with Crippen LogP contribution in [0.2, 0.25) is 0 Å². The molecule has 17 heavy (non-hydrogen) atoms. The molecule has 0 saturated heterocycles. The maximum Gasteiger partial charge on any atom is 0.227 e. The summed E-state index contributed by atoms with van der Waals surface area (Å²) in [5.74, 6) is -0.278. The van der Waals surface area contributed by atoms with E-state index in [4.69, 9.17) is 10.9 Å². The van der Waals surface area contributed by atoms with Gasteiger partial charge in [-0.25, -0.2) is 0 Å². The summed E-state index contributed by atoms with van der Waals surface area (Å²) in [5.41, 5.74) is 5.21. The molecule has 0 fully saturated rings. The van der Waals surface area contributed by atoms with Gasteiger partial charge < -0.3 is 21.2 Å². The number of nitrogens with two attached hydrogens (primary N) is 1. The first-order valence-electron chi connectivity index (χ1n) is 5.90. The first kappa shape index (κ1) is 15.7. The van der Waals surface area contributed by atoms with Crippen LogP contribution in [-0.4, -0.2) is 48.0 Å². The average molecular weight is 244 g/mol. The number of hydrogen-bond acceptors (Lipinski definition) is 4. The average Bonchev–Trinajstić information content (AvgIpc) is 2.27. The van der Waals surface area contributed by atoms with Crippen LogP contribution in [0.5, 0.6) is 0 Å².